The van der Waals surface area contributed by atoms with Gasteiger partial charge in [-0.25, -0.2) is 0 Å². The van der Waals surface area contributed by atoms with Crippen LogP contribution in [0.25, 0.3) is 0 Å². The van der Waals surface area contributed by atoms with Gasteiger partial charge in [0.2, 0.25) is 11.8 Å². The van der Waals surface area contributed by atoms with E-state index in [0.717, 1.165) is 16.9 Å². The van der Waals surface area contributed by atoms with Gasteiger partial charge < -0.3 is 15.0 Å². The van der Waals surface area contributed by atoms with E-state index in [1.807, 2.05) is 91.0 Å². The van der Waals surface area contributed by atoms with Gasteiger partial charge in [0, 0.05) is 26.4 Å². The number of para-hydroxylation sites is 1. The molecule has 0 bridgehead atoms. The van der Waals surface area contributed by atoms with Crippen LogP contribution in [0.3, 0.4) is 0 Å². The van der Waals surface area contributed by atoms with Gasteiger partial charge in [-0.05, 0) is 29.7 Å². The van der Waals surface area contributed by atoms with Crippen molar-refractivity contribution < 1.29 is 14.3 Å². The van der Waals surface area contributed by atoms with Gasteiger partial charge in [-0.3, -0.25) is 9.59 Å². The number of benzene rings is 3. The Hall–Kier alpha value is -3.60. The molecule has 0 radical (unpaired) electrons. The van der Waals surface area contributed by atoms with Gasteiger partial charge >= 0.3 is 0 Å². The number of carbonyl (C=O) groups excluding carboxylic acids is 2. The first-order valence-electron chi connectivity index (χ1n) is 10.9. The number of hydrogen-bond acceptors (Lipinski definition) is 3. The second-order valence-corrected chi connectivity index (χ2v) is 7.59. The van der Waals surface area contributed by atoms with Gasteiger partial charge in [-0.1, -0.05) is 78.9 Å². The Labute approximate surface area is 190 Å². The highest BCUT2D eigenvalue weighted by molar-refractivity contribution is 5.87. The molecule has 3 rings (SSSR count). The summed E-state index contributed by atoms with van der Waals surface area (Å²) in [5, 5.41) is 2.74. The Balaban J connectivity index is 1.72. The number of likely N-dealkylation sites (N-methyl/N-ethyl adjacent to an activating group) is 1. The van der Waals surface area contributed by atoms with E-state index >= 15 is 0 Å². The predicted molar refractivity (Wildman–Crippen MR) is 126 cm³/mol. The highest BCUT2D eigenvalue weighted by Gasteiger charge is 2.29. The average Bonchev–Trinajstić information content (AvgIpc) is 2.85. The van der Waals surface area contributed by atoms with Crippen molar-refractivity contribution in [3.05, 3.63) is 102 Å². The molecule has 0 saturated carbocycles. The molecule has 0 aliphatic heterocycles. The van der Waals surface area contributed by atoms with Crippen molar-refractivity contribution in [3.63, 3.8) is 0 Å². The van der Waals surface area contributed by atoms with Crippen LogP contribution in [0.5, 0.6) is 5.75 Å². The molecule has 0 fully saturated rings. The van der Waals surface area contributed by atoms with Gasteiger partial charge in [0.1, 0.15) is 11.8 Å². The normalized spacial score (nSPS) is 11.4. The molecule has 0 heterocycles. The molecule has 0 aliphatic carbocycles. The van der Waals surface area contributed by atoms with Crippen molar-refractivity contribution in [2.24, 2.45) is 0 Å². The minimum atomic E-state index is -0.592. The standard InChI is InChI=1S/C27H30N2O3/c1-28-27(31)25(20-22-12-5-2-6-13-22)29(21-23-14-7-3-8-15-23)26(30)18-11-19-32-24-16-9-4-10-17-24/h2-10,12-17,25H,11,18-21H2,1H3,(H,28,31)/t25-/m0/s1. The predicted octanol–water partition coefficient (Wildman–Crippen LogP) is 4.23. The molecule has 0 unspecified atom stereocenters. The monoisotopic (exact) mass is 430 g/mol. The number of ether oxygens (including phenoxy) is 1. The summed E-state index contributed by atoms with van der Waals surface area (Å²) < 4.78 is 5.73. The lowest BCUT2D eigenvalue weighted by molar-refractivity contribution is -0.141. The van der Waals surface area contributed by atoms with Gasteiger partial charge in [-0.15, -0.1) is 0 Å². The van der Waals surface area contributed by atoms with Crippen LogP contribution < -0.4 is 10.1 Å². The highest BCUT2D eigenvalue weighted by Crippen LogP contribution is 2.17. The highest BCUT2D eigenvalue weighted by atomic mass is 16.5. The van der Waals surface area contributed by atoms with Crippen molar-refractivity contribution >= 4 is 11.8 Å². The third-order valence-electron chi connectivity index (χ3n) is 5.26. The largest absolute Gasteiger partial charge is 0.494 e. The van der Waals surface area contributed by atoms with Crippen molar-refractivity contribution in [1.29, 1.82) is 0 Å². The summed E-state index contributed by atoms with van der Waals surface area (Å²) in [6.07, 6.45) is 1.34. The van der Waals surface area contributed by atoms with E-state index < -0.39 is 6.04 Å². The Kier molecular flexibility index (Phi) is 8.87. The summed E-state index contributed by atoms with van der Waals surface area (Å²) in [5.74, 6) is 0.558. The summed E-state index contributed by atoms with van der Waals surface area (Å²) >= 11 is 0. The van der Waals surface area contributed by atoms with Crippen molar-refractivity contribution in [2.75, 3.05) is 13.7 Å². The number of carbonyl (C=O) groups is 2. The van der Waals surface area contributed by atoms with Gasteiger partial charge in [0.25, 0.3) is 0 Å². The van der Waals surface area contributed by atoms with Crippen LogP contribution in [0, 0.1) is 0 Å². The second kappa shape index (κ2) is 12.3. The van der Waals surface area contributed by atoms with E-state index in [1.165, 1.54) is 0 Å². The van der Waals surface area contributed by atoms with Crippen LogP contribution >= 0.6 is 0 Å². The first-order chi connectivity index (χ1) is 15.7. The molecule has 0 aliphatic rings. The first-order valence-corrected chi connectivity index (χ1v) is 10.9. The van der Waals surface area contributed by atoms with Crippen LogP contribution in [-0.2, 0) is 22.6 Å². The molecule has 0 aromatic heterocycles. The Bertz CT molecular complexity index is 962. The van der Waals surface area contributed by atoms with Crippen LogP contribution in [0.2, 0.25) is 0 Å². The molecule has 3 aromatic rings. The van der Waals surface area contributed by atoms with Gasteiger partial charge in [-0.2, -0.15) is 0 Å². The zero-order chi connectivity index (χ0) is 22.6. The van der Waals surface area contributed by atoms with Crippen LogP contribution in [0.4, 0.5) is 0 Å². The number of hydrogen-bond donors (Lipinski definition) is 1. The molecule has 2 amide bonds. The Morgan fingerprint density at radius 3 is 2.00 bits per heavy atom. The molecule has 3 aromatic carbocycles. The minimum absolute atomic E-state index is 0.0601. The van der Waals surface area contributed by atoms with Crippen LogP contribution in [0.15, 0.2) is 91.0 Å². The fraction of sp³-hybridized carbons (Fsp3) is 0.259. The molecule has 0 saturated heterocycles. The van der Waals surface area contributed by atoms with E-state index in [1.54, 1.807) is 11.9 Å². The third-order valence-corrected chi connectivity index (χ3v) is 5.26. The molecular formula is C27H30N2O3. The summed E-state index contributed by atoms with van der Waals surface area (Å²) in [5.41, 5.74) is 2.00. The Morgan fingerprint density at radius 1 is 0.844 bits per heavy atom. The lowest BCUT2D eigenvalue weighted by atomic mass is 10.0. The molecule has 166 valence electrons. The smallest absolute Gasteiger partial charge is 0.242 e. The van der Waals surface area contributed by atoms with Crippen molar-refractivity contribution in [2.45, 2.75) is 31.8 Å². The van der Waals surface area contributed by atoms with Crippen LogP contribution in [-0.4, -0.2) is 36.4 Å². The first kappa shape index (κ1) is 23.1. The third kappa shape index (κ3) is 6.98. The molecule has 32 heavy (non-hydrogen) atoms. The Morgan fingerprint density at radius 2 is 1.41 bits per heavy atom. The molecule has 0 spiro atoms. The number of amides is 2. The zero-order valence-electron chi connectivity index (χ0n) is 18.4. The fourth-order valence-electron chi connectivity index (χ4n) is 3.57. The maximum absolute atomic E-state index is 13.3. The molecule has 1 atom stereocenters. The number of nitrogens with one attached hydrogen (secondary N) is 1. The topological polar surface area (TPSA) is 58.6 Å². The fourth-order valence-corrected chi connectivity index (χ4v) is 3.57. The number of rotatable bonds is 11. The molecule has 1 N–H and O–H groups in total. The molecule has 5 nitrogen and oxygen atoms in total. The summed E-state index contributed by atoms with van der Waals surface area (Å²) in [7, 11) is 1.61. The van der Waals surface area contributed by atoms with Gasteiger partial charge in [0.15, 0.2) is 0 Å². The number of nitrogens with zero attached hydrogens (tertiary/aromatic N) is 1. The zero-order valence-corrected chi connectivity index (χ0v) is 18.4. The summed E-state index contributed by atoms with van der Waals surface area (Å²) in [6.45, 7) is 0.822. The lowest BCUT2D eigenvalue weighted by Crippen LogP contribution is -2.49. The van der Waals surface area contributed by atoms with E-state index in [9.17, 15) is 9.59 Å². The van der Waals surface area contributed by atoms with E-state index in [4.69, 9.17) is 4.74 Å². The van der Waals surface area contributed by atoms with E-state index in [-0.39, 0.29) is 11.8 Å². The van der Waals surface area contributed by atoms with Crippen LogP contribution in [0.1, 0.15) is 24.0 Å². The second-order valence-electron chi connectivity index (χ2n) is 7.59. The van der Waals surface area contributed by atoms with E-state index in [0.29, 0.717) is 32.4 Å². The quantitative estimate of drug-likeness (QED) is 0.463. The maximum atomic E-state index is 13.3. The summed E-state index contributed by atoms with van der Waals surface area (Å²) in [4.78, 5) is 27.8. The SMILES string of the molecule is CNC(=O)[C@H](Cc1ccccc1)N(Cc1ccccc1)C(=O)CCCOc1ccccc1. The van der Waals surface area contributed by atoms with Gasteiger partial charge in [0.05, 0.1) is 6.61 Å². The summed E-state index contributed by atoms with van der Waals surface area (Å²) in [6, 6.07) is 28.5. The average molecular weight is 431 g/mol. The van der Waals surface area contributed by atoms with Crippen molar-refractivity contribution in [1.82, 2.24) is 10.2 Å². The van der Waals surface area contributed by atoms with E-state index in [2.05, 4.69) is 5.32 Å². The lowest BCUT2D eigenvalue weighted by Gasteiger charge is -2.31. The molecule has 5 heteroatoms. The molecular weight excluding hydrogens is 400 g/mol. The van der Waals surface area contributed by atoms with Crippen molar-refractivity contribution in [3.8, 4) is 5.75 Å². The minimum Gasteiger partial charge on any atom is -0.494 e. The maximum Gasteiger partial charge on any atom is 0.242 e.